The third-order valence-electron chi connectivity index (χ3n) is 2.29. The molecule has 0 saturated heterocycles. The van der Waals surface area contributed by atoms with Crippen molar-refractivity contribution in [3.8, 4) is 5.75 Å². The van der Waals surface area contributed by atoms with Gasteiger partial charge in [0.25, 0.3) is 5.91 Å². The van der Waals surface area contributed by atoms with Gasteiger partial charge in [-0.15, -0.1) is 0 Å². The van der Waals surface area contributed by atoms with Crippen LogP contribution in [0.15, 0.2) is 28.7 Å². The molecule has 0 aromatic heterocycles. The van der Waals surface area contributed by atoms with Gasteiger partial charge in [-0.05, 0) is 32.0 Å². The van der Waals surface area contributed by atoms with E-state index in [4.69, 9.17) is 4.74 Å². The summed E-state index contributed by atoms with van der Waals surface area (Å²) >= 11 is 3.31. The van der Waals surface area contributed by atoms with E-state index in [1.165, 1.54) is 0 Å². The van der Waals surface area contributed by atoms with Crippen LogP contribution in [-0.4, -0.2) is 31.0 Å². The predicted octanol–water partition coefficient (Wildman–Crippen LogP) is 1.47. The van der Waals surface area contributed by atoms with E-state index in [0.717, 1.165) is 4.47 Å². The Morgan fingerprint density at radius 3 is 2.79 bits per heavy atom. The Morgan fingerprint density at radius 1 is 1.42 bits per heavy atom. The number of likely N-dealkylation sites (N-methyl/N-ethyl adjacent to an activating group) is 1. The molecule has 1 aromatic carbocycles. The number of halogens is 1. The molecular formula is C13H17BrN2O3. The highest BCUT2D eigenvalue weighted by Gasteiger charge is 2.14. The zero-order valence-corrected chi connectivity index (χ0v) is 12.5. The summed E-state index contributed by atoms with van der Waals surface area (Å²) < 4.78 is 6.19. The van der Waals surface area contributed by atoms with Gasteiger partial charge in [-0.3, -0.25) is 9.59 Å². The molecule has 6 heteroatoms. The van der Waals surface area contributed by atoms with E-state index < -0.39 is 6.04 Å². The van der Waals surface area contributed by atoms with Gasteiger partial charge in [0.2, 0.25) is 5.91 Å². The second-order valence-electron chi connectivity index (χ2n) is 3.93. The summed E-state index contributed by atoms with van der Waals surface area (Å²) in [4.78, 5) is 23.0. The summed E-state index contributed by atoms with van der Waals surface area (Å²) in [5.41, 5.74) is 0. The molecule has 0 aliphatic carbocycles. The molecule has 2 N–H and O–H groups in total. The number of rotatable bonds is 6. The van der Waals surface area contributed by atoms with Crippen molar-refractivity contribution in [3.63, 3.8) is 0 Å². The van der Waals surface area contributed by atoms with Crippen molar-refractivity contribution in [2.45, 2.75) is 19.9 Å². The minimum Gasteiger partial charge on any atom is -0.484 e. The highest BCUT2D eigenvalue weighted by molar-refractivity contribution is 9.10. The molecule has 0 spiro atoms. The molecule has 1 aromatic rings. The van der Waals surface area contributed by atoms with Gasteiger partial charge in [0.05, 0.1) is 0 Å². The van der Waals surface area contributed by atoms with Crippen molar-refractivity contribution < 1.29 is 14.3 Å². The molecule has 1 atom stereocenters. The fourth-order valence-electron chi connectivity index (χ4n) is 1.38. The van der Waals surface area contributed by atoms with Gasteiger partial charge in [0.15, 0.2) is 6.61 Å². The van der Waals surface area contributed by atoms with E-state index in [2.05, 4.69) is 26.6 Å². The minimum atomic E-state index is -0.571. The van der Waals surface area contributed by atoms with Gasteiger partial charge in [0, 0.05) is 11.0 Å². The second-order valence-corrected chi connectivity index (χ2v) is 4.85. The van der Waals surface area contributed by atoms with Crippen molar-refractivity contribution >= 4 is 27.7 Å². The van der Waals surface area contributed by atoms with Gasteiger partial charge < -0.3 is 15.4 Å². The summed E-state index contributed by atoms with van der Waals surface area (Å²) in [6, 6.07) is 6.63. The lowest BCUT2D eigenvalue weighted by Crippen LogP contribution is -2.46. The Labute approximate surface area is 120 Å². The van der Waals surface area contributed by atoms with E-state index in [0.29, 0.717) is 12.3 Å². The van der Waals surface area contributed by atoms with E-state index >= 15 is 0 Å². The molecule has 0 fully saturated rings. The van der Waals surface area contributed by atoms with Crippen LogP contribution in [0.3, 0.4) is 0 Å². The second kappa shape index (κ2) is 7.78. The number of carbonyl (C=O) groups excluding carboxylic acids is 2. The number of ether oxygens (including phenoxy) is 1. The number of amides is 2. The Balaban J connectivity index is 2.37. The first-order valence-electron chi connectivity index (χ1n) is 5.98. The third-order valence-corrected chi connectivity index (χ3v) is 2.78. The van der Waals surface area contributed by atoms with Crippen LogP contribution in [0, 0.1) is 0 Å². The van der Waals surface area contributed by atoms with E-state index in [9.17, 15) is 9.59 Å². The maximum Gasteiger partial charge on any atom is 0.258 e. The van der Waals surface area contributed by atoms with Crippen molar-refractivity contribution in [1.82, 2.24) is 10.6 Å². The maximum atomic E-state index is 11.6. The molecule has 0 bridgehead atoms. The molecule has 0 saturated carbocycles. The molecule has 1 unspecified atom stereocenters. The highest BCUT2D eigenvalue weighted by atomic mass is 79.9. The molecule has 0 aliphatic heterocycles. The average Bonchev–Trinajstić information content (AvgIpc) is 2.36. The maximum absolute atomic E-state index is 11.6. The number of hydrogen-bond donors (Lipinski definition) is 2. The summed E-state index contributed by atoms with van der Waals surface area (Å²) in [6.07, 6.45) is 0. The van der Waals surface area contributed by atoms with Crippen molar-refractivity contribution in [2.75, 3.05) is 13.2 Å². The van der Waals surface area contributed by atoms with Crippen molar-refractivity contribution in [1.29, 1.82) is 0 Å². The van der Waals surface area contributed by atoms with Gasteiger partial charge in [-0.25, -0.2) is 0 Å². The lowest BCUT2D eigenvalue weighted by atomic mass is 10.3. The molecule has 2 amide bonds. The first-order valence-corrected chi connectivity index (χ1v) is 6.77. The summed E-state index contributed by atoms with van der Waals surface area (Å²) in [6.45, 7) is 3.86. The lowest BCUT2D eigenvalue weighted by molar-refractivity contribution is -0.129. The zero-order valence-electron chi connectivity index (χ0n) is 10.9. The molecule has 0 heterocycles. The molecule has 104 valence electrons. The van der Waals surface area contributed by atoms with Gasteiger partial charge in [-0.1, -0.05) is 22.0 Å². The van der Waals surface area contributed by atoms with Crippen LogP contribution in [0.2, 0.25) is 0 Å². The number of hydrogen-bond acceptors (Lipinski definition) is 3. The Morgan fingerprint density at radius 2 is 2.16 bits per heavy atom. The smallest absolute Gasteiger partial charge is 0.258 e. The fourth-order valence-corrected chi connectivity index (χ4v) is 1.76. The van der Waals surface area contributed by atoms with E-state index in [1.54, 1.807) is 19.1 Å². The summed E-state index contributed by atoms with van der Waals surface area (Å²) in [5, 5.41) is 5.19. The van der Waals surface area contributed by atoms with Crippen molar-refractivity contribution in [3.05, 3.63) is 28.7 Å². The Bertz CT molecular complexity index is 451. The molecule has 19 heavy (non-hydrogen) atoms. The monoisotopic (exact) mass is 328 g/mol. The zero-order chi connectivity index (χ0) is 14.3. The molecule has 1 rings (SSSR count). The van der Waals surface area contributed by atoms with Gasteiger partial charge in [-0.2, -0.15) is 0 Å². The number of carbonyl (C=O) groups is 2. The quantitative estimate of drug-likeness (QED) is 0.831. The normalized spacial score (nSPS) is 11.5. The van der Waals surface area contributed by atoms with Crippen LogP contribution in [-0.2, 0) is 9.59 Å². The molecular weight excluding hydrogens is 312 g/mol. The largest absolute Gasteiger partial charge is 0.484 e. The van der Waals surface area contributed by atoms with E-state index in [1.807, 2.05) is 19.1 Å². The molecule has 0 aliphatic rings. The Kier molecular flexibility index (Phi) is 6.35. The topological polar surface area (TPSA) is 67.4 Å². The summed E-state index contributed by atoms with van der Waals surface area (Å²) in [7, 11) is 0. The summed E-state index contributed by atoms with van der Waals surface area (Å²) in [5.74, 6) is 0.0484. The lowest BCUT2D eigenvalue weighted by Gasteiger charge is -2.13. The third kappa shape index (κ3) is 5.74. The number of nitrogens with one attached hydrogen (secondary N) is 2. The van der Waals surface area contributed by atoms with Crippen LogP contribution in [0.4, 0.5) is 0 Å². The fraction of sp³-hybridized carbons (Fsp3) is 0.385. The van der Waals surface area contributed by atoms with Crippen LogP contribution >= 0.6 is 15.9 Å². The molecule has 0 radical (unpaired) electrons. The van der Waals surface area contributed by atoms with Gasteiger partial charge >= 0.3 is 0 Å². The number of benzene rings is 1. The van der Waals surface area contributed by atoms with E-state index in [-0.39, 0.29) is 18.4 Å². The standard InChI is InChI=1S/C13H17BrN2O3/c1-3-15-13(18)9(2)16-12(17)8-19-11-6-4-5-10(14)7-11/h4-7,9H,3,8H2,1-2H3,(H,15,18)(H,16,17). The minimum absolute atomic E-state index is 0.125. The first kappa shape index (κ1) is 15.5. The van der Waals surface area contributed by atoms with Crippen LogP contribution in [0.25, 0.3) is 0 Å². The van der Waals surface area contributed by atoms with Gasteiger partial charge in [0.1, 0.15) is 11.8 Å². The van der Waals surface area contributed by atoms with Crippen LogP contribution in [0.1, 0.15) is 13.8 Å². The highest BCUT2D eigenvalue weighted by Crippen LogP contribution is 2.17. The molecule has 5 nitrogen and oxygen atoms in total. The average molecular weight is 329 g/mol. The first-order chi connectivity index (χ1) is 9.02. The van der Waals surface area contributed by atoms with Crippen LogP contribution in [0.5, 0.6) is 5.75 Å². The Hall–Kier alpha value is -1.56. The van der Waals surface area contributed by atoms with Crippen LogP contribution < -0.4 is 15.4 Å². The SMILES string of the molecule is CCNC(=O)C(C)NC(=O)COc1cccc(Br)c1. The predicted molar refractivity (Wildman–Crippen MR) is 75.9 cm³/mol. The van der Waals surface area contributed by atoms with Crippen molar-refractivity contribution in [2.24, 2.45) is 0 Å².